The average molecular weight is 370 g/mol. The molecule has 1 amide bonds. The molecule has 1 fully saturated rings. The number of ether oxygens (including phenoxy) is 2. The molecule has 5 heteroatoms. The molecule has 0 aliphatic heterocycles. The van der Waals surface area contributed by atoms with Crippen LogP contribution in [0.25, 0.3) is 0 Å². The van der Waals surface area contributed by atoms with Crippen molar-refractivity contribution in [2.75, 3.05) is 14.2 Å². The summed E-state index contributed by atoms with van der Waals surface area (Å²) >= 11 is 3.42. The standard InChI is InChI=1S/C17H24BrNO3/c1-10-6-5-7-13(11(10)2)19-17(20)12-8-14(21-3)16(18)15(9-12)22-4/h8-11,13H,5-7H2,1-4H3,(H,19,20). The normalized spacial score (nSPS) is 24.7. The zero-order valence-corrected chi connectivity index (χ0v) is 15.2. The molecule has 0 spiro atoms. The van der Waals surface area contributed by atoms with Crippen molar-refractivity contribution in [2.45, 2.75) is 39.2 Å². The monoisotopic (exact) mass is 369 g/mol. The molecule has 2 rings (SSSR count). The molecular weight excluding hydrogens is 346 g/mol. The van der Waals surface area contributed by atoms with Gasteiger partial charge in [-0.1, -0.05) is 26.7 Å². The van der Waals surface area contributed by atoms with Crippen LogP contribution in [0.5, 0.6) is 11.5 Å². The van der Waals surface area contributed by atoms with E-state index in [2.05, 4.69) is 35.1 Å². The molecule has 1 aromatic rings. The molecule has 22 heavy (non-hydrogen) atoms. The van der Waals surface area contributed by atoms with Crippen LogP contribution in [0.15, 0.2) is 16.6 Å². The molecule has 1 N–H and O–H groups in total. The number of halogens is 1. The van der Waals surface area contributed by atoms with Gasteiger partial charge >= 0.3 is 0 Å². The number of carbonyl (C=O) groups excluding carboxylic acids is 1. The van der Waals surface area contributed by atoms with Crippen molar-refractivity contribution in [3.05, 3.63) is 22.2 Å². The van der Waals surface area contributed by atoms with Gasteiger partial charge in [-0.05, 0) is 46.3 Å². The Morgan fingerprint density at radius 2 is 1.77 bits per heavy atom. The molecule has 1 aromatic carbocycles. The molecule has 0 aromatic heterocycles. The van der Waals surface area contributed by atoms with Crippen LogP contribution in [0.1, 0.15) is 43.5 Å². The molecule has 0 radical (unpaired) electrons. The van der Waals surface area contributed by atoms with E-state index in [0.717, 1.165) is 6.42 Å². The number of amides is 1. The average Bonchev–Trinajstić information content (AvgIpc) is 2.52. The smallest absolute Gasteiger partial charge is 0.251 e. The van der Waals surface area contributed by atoms with Crippen molar-refractivity contribution < 1.29 is 14.3 Å². The lowest BCUT2D eigenvalue weighted by Gasteiger charge is -2.34. The highest BCUT2D eigenvalue weighted by Crippen LogP contribution is 2.36. The van der Waals surface area contributed by atoms with Crippen molar-refractivity contribution in [2.24, 2.45) is 11.8 Å². The van der Waals surface area contributed by atoms with Crippen molar-refractivity contribution in [1.82, 2.24) is 5.32 Å². The predicted molar refractivity (Wildman–Crippen MR) is 90.7 cm³/mol. The van der Waals surface area contributed by atoms with E-state index in [1.807, 2.05) is 0 Å². The molecule has 1 aliphatic rings. The fourth-order valence-corrected chi connectivity index (χ4v) is 3.59. The number of methoxy groups -OCH3 is 2. The predicted octanol–water partition coefficient (Wildman–Crippen LogP) is 4.02. The third kappa shape index (κ3) is 3.57. The van der Waals surface area contributed by atoms with Crippen molar-refractivity contribution in [1.29, 1.82) is 0 Å². The topological polar surface area (TPSA) is 47.6 Å². The second kappa shape index (κ2) is 7.36. The van der Waals surface area contributed by atoms with Gasteiger partial charge in [0.15, 0.2) is 0 Å². The van der Waals surface area contributed by atoms with Crippen LogP contribution >= 0.6 is 15.9 Å². The Balaban J connectivity index is 2.19. The summed E-state index contributed by atoms with van der Waals surface area (Å²) in [5, 5.41) is 3.17. The van der Waals surface area contributed by atoms with Gasteiger partial charge < -0.3 is 14.8 Å². The third-order valence-electron chi connectivity index (χ3n) is 4.73. The van der Waals surface area contributed by atoms with E-state index in [1.165, 1.54) is 12.8 Å². The number of rotatable bonds is 4. The number of carbonyl (C=O) groups is 1. The molecule has 3 unspecified atom stereocenters. The van der Waals surface area contributed by atoms with Gasteiger partial charge in [-0.15, -0.1) is 0 Å². The Kier molecular flexibility index (Phi) is 5.73. The first-order chi connectivity index (χ1) is 10.5. The first-order valence-electron chi connectivity index (χ1n) is 7.70. The molecule has 1 aliphatic carbocycles. The van der Waals surface area contributed by atoms with E-state index < -0.39 is 0 Å². The van der Waals surface area contributed by atoms with E-state index in [-0.39, 0.29) is 11.9 Å². The van der Waals surface area contributed by atoms with Gasteiger partial charge in [0.2, 0.25) is 0 Å². The first-order valence-corrected chi connectivity index (χ1v) is 8.49. The van der Waals surface area contributed by atoms with Crippen molar-refractivity contribution in [3.63, 3.8) is 0 Å². The van der Waals surface area contributed by atoms with Gasteiger partial charge in [0.1, 0.15) is 16.0 Å². The van der Waals surface area contributed by atoms with Crippen LogP contribution in [0.2, 0.25) is 0 Å². The van der Waals surface area contributed by atoms with E-state index in [9.17, 15) is 4.79 Å². The van der Waals surface area contributed by atoms with Gasteiger partial charge in [0.05, 0.1) is 14.2 Å². The summed E-state index contributed by atoms with van der Waals surface area (Å²) in [4.78, 5) is 12.6. The van der Waals surface area contributed by atoms with Crippen LogP contribution in [0, 0.1) is 11.8 Å². The van der Waals surface area contributed by atoms with Crippen LogP contribution in [-0.2, 0) is 0 Å². The Morgan fingerprint density at radius 3 is 2.32 bits per heavy atom. The van der Waals surface area contributed by atoms with Crippen molar-refractivity contribution >= 4 is 21.8 Å². The zero-order valence-electron chi connectivity index (χ0n) is 13.6. The number of hydrogen-bond donors (Lipinski definition) is 1. The fraction of sp³-hybridized carbons (Fsp3) is 0.588. The van der Waals surface area contributed by atoms with Crippen molar-refractivity contribution in [3.8, 4) is 11.5 Å². The van der Waals surface area contributed by atoms with E-state index >= 15 is 0 Å². The maximum absolute atomic E-state index is 12.6. The molecule has 0 saturated heterocycles. The van der Waals surface area contributed by atoms with Crippen LogP contribution in [0.3, 0.4) is 0 Å². The molecule has 1 saturated carbocycles. The summed E-state index contributed by atoms with van der Waals surface area (Å²) < 4.78 is 11.3. The lowest BCUT2D eigenvalue weighted by Crippen LogP contribution is -2.43. The first kappa shape index (κ1) is 17.1. The SMILES string of the molecule is COc1cc(C(=O)NC2CCCC(C)C2C)cc(OC)c1Br. The van der Waals surface area contributed by atoms with Gasteiger partial charge in [-0.3, -0.25) is 4.79 Å². The maximum Gasteiger partial charge on any atom is 0.251 e. The summed E-state index contributed by atoms with van der Waals surface area (Å²) in [7, 11) is 3.15. The Bertz CT molecular complexity index is 522. The number of hydrogen-bond acceptors (Lipinski definition) is 3. The largest absolute Gasteiger partial charge is 0.495 e. The highest BCUT2D eigenvalue weighted by molar-refractivity contribution is 9.10. The number of benzene rings is 1. The summed E-state index contributed by atoms with van der Waals surface area (Å²) in [5.74, 6) is 2.25. The van der Waals surface area contributed by atoms with Crippen LogP contribution in [0.4, 0.5) is 0 Å². The molecule has 3 atom stereocenters. The molecule has 0 heterocycles. The third-order valence-corrected chi connectivity index (χ3v) is 5.51. The van der Waals surface area contributed by atoms with E-state index in [0.29, 0.717) is 33.4 Å². The van der Waals surface area contributed by atoms with E-state index in [1.54, 1.807) is 26.4 Å². The maximum atomic E-state index is 12.6. The number of nitrogens with one attached hydrogen (secondary N) is 1. The van der Waals surface area contributed by atoms with Crippen LogP contribution < -0.4 is 14.8 Å². The Labute approximate surface area is 140 Å². The van der Waals surface area contributed by atoms with Gasteiger partial charge in [0, 0.05) is 11.6 Å². The quantitative estimate of drug-likeness (QED) is 0.871. The lowest BCUT2D eigenvalue weighted by molar-refractivity contribution is 0.0890. The minimum atomic E-state index is -0.0740. The summed E-state index contributed by atoms with van der Waals surface area (Å²) in [6, 6.07) is 3.70. The molecule has 122 valence electrons. The second-order valence-electron chi connectivity index (χ2n) is 6.04. The summed E-state index contributed by atoms with van der Waals surface area (Å²) in [6.07, 6.45) is 3.46. The molecule has 4 nitrogen and oxygen atoms in total. The molecule has 0 bridgehead atoms. The molecular formula is C17H24BrNO3. The van der Waals surface area contributed by atoms with Gasteiger partial charge in [-0.25, -0.2) is 0 Å². The van der Waals surface area contributed by atoms with E-state index in [4.69, 9.17) is 9.47 Å². The van der Waals surface area contributed by atoms with Crippen LogP contribution in [-0.4, -0.2) is 26.2 Å². The Morgan fingerprint density at radius 1 is 1.18 bits per heavy atom. The highest BCUT2D eigenvalue weighted by atomic mass is 79.9. The summed E-state index contributed by atoms with van der Waals surface area (Å²) in [5.41, 5.74) is 0.558. The summed E-state index contributed by atoms with van der Waals surface area (Å²) in [6.45, 7) is 4.48. The second-order valence-corrected chi connectivity index (χ2v) is 6.84. The minimum absolute atomic E-state index is 0.0740. The van der Waals surface area contributed by atoms with Gasteiger partial charge in [0.25, 0.3) is 5.91 Å². The highest BCUT2D eigenvalue weighted by Gasteiger charge is 2.28. The Hall–Kier alpha value is -1.23. The lowest BCUT2D eigenvalue weighted by atomic mass is 9.78. The van der Waals surface area contributed by atoms with Gasteiger partial charge in [-0.2, -0.15) is 0 Å². The fourth-order valence-electron chi connectivity index (χ4n) is 3.04. The zero-order chi connectivity index (χ0) is 16.3. The minimum Gasteiger partial charge on any atom is -0.495 e.